The molecule has 2 aliphatic rings. The minimum absolute atomic E-state index is 0.211. The van der Waals surface area contributed by atoms with E-state index in [0.29, 0.717) is 44.3 Å². The largest absolute Gasteiger partial charge is 0.486 e. The van der Waals surface area contributed by atoms with Gasteiger partial charge < -0.3 is 19.7 Å². The summed E-state index contributed by atoms with van der Waals surface area (Å²) in [5, 5.41) is 2.89. The van der Waals surface area contributed by atoms with E-state index in [4.69, 9.17) is 9.47 Å². The van der Waals surface area contributed by atoms with Gasteiger partial charge in [0.2, 0.25) is 10.0 Å². The van der Waals surface area contributed by atoms with Crippen molar-refractivity contribution in [2.45, 2.75) is 18.4 Å². The normalized spacial score (nSPS) is 16.9. The number of amides is 2. The highest BCUT2D eigenvalue weighted by Crippen LogP contribution is 2.30. The first-order valence-electron chi connectivity index (χ1n) is 9.91. The summed E-state index contributed by atoms with van der Waals surface area (Å²) < 4.78 is 38.1. The molecule has 2 amide bonds. The van der Waals surface area contributed by atoms with Crippen molar-refractivity contribution in [3.63, 3.8) is 0 Å². The third-order valence-electron chi connectivity index (χ3n) is 5.23. The highest BCUT2D eigenvalue weighted by Gasteiger charge is 2.30. The molecule has 0 atom stereocenters. The maximum absolute atomic E-state index is 12.8. The number of aryl methyl sites for hydroxylation is 1. The zero-order valence-corrected chi connectivity index (χ0v) is 17.7. The van der Waals surface area contributed by atoms with Crippen LogP contribution in [0.25, 0.3) is 0 Å². The number of nitrogens with one attached hydrogen (secondary N) is 1. The molecule has 0 saturated carbocycles. The lowest BCUT2D eigenvalue weighted by Gasteiger charge is -2.34. The lowest BCUT2D eigenvalue weighted by molar-refractivity contribution is 0.170. The van der Waals surface area contributed by atoms with Gasteiger partial charge in [0, 0.05) is 32.7 Å². The van der Waals surface area contributed by atoms with Crippen molar-refractivity contribution in [3.05, 3.63) is 53.6 Å². The van der Waals surface area contributed by atoms with Crippen molar-refractivity contribution in [2.24, 2.45) is 0 Å². The van der Waals surface area contributed by atoms with Crippen LogP contribution in [0.15, 0.2) is 47.4 Å². The van der Waals surface area contributed by atoms with Gasteiger partial charge in [0.05, 0.1) is 4.90 Å². The number of carbonyl (C=O) groups is 1. The third-order valence-corrected chi connectivity index (χ3v) is 7.15. The van der Waals surface area contributed by atoms with Gasteiger partial charge in [-0.3, -0.25) is 0 Å². The summed E-state index contributed by atoms with van der Waals surface area (Å²) in [7, 11) is -3.54. The number of carbonyl (C=O) groups excluding carboxylic acids is 1. The SMILES string of the molecule is Cc1ccc(S(=O)(=O)N2CCN(C(=O)NCc3ccc4c(c3)OCCO4)CC2)cc1. The van der Waals surface area contributed by atoms with E-state index >= 15 is 0 Å². The van der Waals surface area contributed by atoms with Crippen molar-refractivity contribution < 1.29 is 22.7 Å². The molecule has 30 heavy (non-hydrogen) atoms. The van der Waals surface area contributed by atoms with Gasteiger partial charge in [0.15, 0.2) is 11.5 Å². The van der Waals surface area contributed by atoms with Crippen LogP contribution < -0.4 is 14.8 Å². The van der Waals surface area contributed by atoms with E-state index < -0.39 is 10.0 Å². The highest BCUT2D eigenvalue weighted by atomic mass is 32.2. The molecule has 2 aromatic rings. The Morgan fingerprint density at radius 3 is 2.33 bits per heavy atom. The van der Waals surface area contributed by atoms with Crippen LogP contribution >= 0.6 is 0 Å². The van der Waals surface area contributed by atoms with Crippen molar-refractivity contribution >= 4 is 16.1 Å². The number of piperazine rings is 1. The first-order valence-corrected chi connectivity index (χ1v) is 11.4. The number of fused-ring (bicyclic) bond motifs is 1. The smallest absolute Gasteiger partial charge is 0.317 e. The van der Waals surface area contributed by atoms with Gasteiger partial charge in [0.1, 0.15) is 13.2 Å². The van der Waals surface area contributed by atoms with E-state index in [1.54, 1.807) is 29.2 Å². The molecule has 0 unspecified atom stereocenters. The molecule has 0 aliphatic carbocycles. The predicted octanol–water partition coefficient (Wildman–Crippen LogP) is 1.98. The van der Waals surface area contributed by atoms with Crippen LogP contribution in [-0.2, 0) is 16.6 Å². The summed E-state index contributed by atoms with van der Waals surface area (Å²) in [4.78, 5) is 14.4. The topological polar surface area (TPSA) is 88.2 Å². The summed E-state index contributed by atoms with van der Waals surface area (Å²) in [6.45, 7) is 4.56. The minimum atomic E-state index is -3.54. The number of ether oxygens (including phenoxy) is 2. The molecule has 9 heteroatoms. The van der Waals surface area contributed by atoms with Crippen LogP contribution in [-0.4, -0.2) is 63.0 Å². The zero-order chi connectivity index (χ0) is 21.1. The maximum atomic E-state index is 12.8. The molecule has 0 bridgehead atoms. The number of rotatable bonds is 4. The quantitative estimate of drug-likeness (QED) is 0.800. The summed E-state index contributed by atoms with van der Waals surface area (Å²) in [6, 6.07) is 12.2. The van der Waals surface area contributed by atoms with E-state index in [9.17, 15) is 13.2 Å². The second kappa shape index (κ2) is 8.53. The zero-order valence-electron chi connectivity index (χ0n) is 16.8. The van der Waals surface area contributed by atoms with E-state index in [2.05, 4.69) is 5.32 Å². The third kappa shape index (κ3) is 4.36. The van der Waals surface area contributed by atoms with E-state index in [-0.39, 0.29) is 24.0 Å². The second-order valence-corrected chi connectivity index (χ2v) is 9.28. The summed E-state index contributed by atoms with van der Waals surface area (Å²) in [5.41, 5.74) is 1.92. The first-order chi connectivity index (χ1) is 14.4. The van der Waals surface area contributed by atoms with Gasteiger partial charge in [0.25, 0.3) is 0 Å². The summed E-state index contributed by atoms with van der Waals surface area (Å²) in [5.74, 6) is 1.39. The Morgan fingerprint density at radius 1 is 0.967 bits per heavy atom. The molecule has 1 N–H and O–H groups in total. The number of hydrogen-bond donors (Lipinski definition) is 1. The first kappa shape index (κ1) is 20.5. The lowest BCUT2D eigenvalue weighted by atomic mass is 10.2. The Kier molecular flexibility index (Phi) is 5.83. The maximum Gasteiger partial charge on any atom is 0.317 e. The number of sulfonamides is 1. The average Bonchev–Trinajstić information content (AvgIpc) is 2.77. The molecule has 2 aromatic carbocycles. The van der Waals surface area contributed by atoms with Crippen molar-refractivity contribution in [3.8, 4) is 11.5 Å². The standard InChI is InChI=1S/C21H25N3O5S/c1-16-2-5-18(6-3-16)30(26,27)24-10-8-23(9-11-24)21(25)22-15-17-4-7-19-20(14-17)29-13-12-28-19/h2-7,14H,8-13,15H2,1H3,(H,22,25). The van der Waals surface area contributed by atoms with E-state index in [1.807, 2.05) is 25.1 Å². The fourth-order valence-corrected chi connectivity index (χ4v) is 4.90. The van der Waals surface area contributed by atoms with Gasteiger partial charge in [-0.05, 0) is 36.8 Å². The molecule has 0 spiro atoms. The lowest BCUT2D eigenvalue weighted by Crippen LogP contribution is -2.52. The van der Waals surface area contributed by atoms with Crippen LogP contribution in [0.1, 0.15) is 11.1 Å². The van der Waals surface area contributed by atoms with Crippen molar-refractivity contribution in [1.82, 2.24) is 14.5 Å². The Hall–Kier alpha value is -2.78. The molecule has 2 aliphatic heterocycles. The number of urea groups is 1. The van der Waals surface area contributed by atoms with Crippen LogP contribution in [0.5, 0.6) is 11.5 Å². The molecule has 1 fully saturated rings. The molecule has 0 aromatic heterocycles. The van der Waals surface area contributed by atoms with Gasteiger partial charge >= 0.3 is 6.03 Å². The summed E-state index contributed by atoms with van der Waals surface area (Å²) >= 11 is 0. The van der Waals surface area contributed by atoms with E-state index in [0.717, 1.165) is 11.1 Å². The average molecular weight is 432 g/mol. The Bertz CT molecular complexity index is 1020. The van der Waals surface area contributed by atoms with Gasteiger partial charge in [-0.15, -0.1) is 0 Å². The monoisotopic (exact) mass is 431 g/mol. The molecular weight excluding hydrogens is 406 g/mol. The molecule has 8 nitrogen and oxygen atoms in total. The van der Waals surface area contributed by atoms with Gasteiger partial charge in [-0.2, -0.15) is 4.31 Å². The number of nitrogens with zero attached hydrogens (tertiary/aromatic N) is 2. The minimum Gasteiger partial charge on any atom is -0.486 e. The van der Waals surface area contributed by atoms with Crippen LogP contribution in [0.4, 0.5) is 4.79 Å². The fraction of sp³-hybridized carbons (Fsp3) is 0.381. The molecule has 2 heterocycles. The van der Waals surface area contributed by atoms with Crippen LogP contribution in [0.3, 0.4) is 0 Å². The Balaban J connectivity index is 1.30. The number of hydrogen-bond acceptors (Lipinski definition) is 5. The fourth-order valence-electron chi connectivity index (χ4n) is 3.48. The van der Waals surface area contributed by atoms with Crippen molar-refractivity contribution in [1.29, 1.82) is 0 Å². The second-order valence-electron chi connectivity index (χ2n) is 7.34. The molecule has 0 radical (unpaired) electrons. The summed E-state index contributed by atoms with van der Waals surface area (Å²) in [6.07, 6.45) is 0. The molecule has 1 saturated heterocycles. The van der Waals surface area contributed by atoms with Crippen LogP contribution in [0, 0.1) is 6.92 Å². The molecule has 4 rings (SSSR count). The molecular formula is C21H25N3O5S. The Labute approximate surface area is 176 Å². The van der Waals surface area contributed by atoms with Crippen LogP contribution in [0.2, 0.25) is 0 Å². The van der Waals surface area contributed by atoms with E-state index in [1.165, 1.54) is 4.31 Å². The Morgan fingerprint density at radius 2 is 1.63 bits per heavy atom. The molecule has 160 valence electrons. The van der Waals surface area contributed by atoms with Gasteiger partial charge in [-0.25, -0.2) is 13.2 Å². The highest BCUT2D eigenvalue weighted by molar-refractivity contribution is 7.89. The van der Waals surface area contributed by atoms with Crippen molar-refractivity contribution in [2.75, 3.05) is 39.4 Å². The predicted molar refractivity (Wildman–Crippen MR) is 111 cm³/mol. The van der Waals surface area contributed by atoms with Gasteiger partial charge in [-0.1, -0.05) is 23.8 Å². The number of benzene rings is 2.